The van der Waals surface area contributed by atoms with E-state index in [4.69, 9.17) is 5.53 Å². The summed E-state index contributed by atoms with van der Waals surface area (Å²) in [6, 6.07) is 2.92. The summed E-state index contributed by atoms with van der Waals surface area (Å²) in [6.45, 7) is 4.25. The molecule has 0 aliphatic heterocycles. The Kier molecular flexibility index (Phi) is 2.95. The fourth-order valence-electron chi connectivity index (χ4n) is 1.09. The van der Waals surface area contributed by atoms with Crippen LogP contribution in [0.5, 0.6) is 0 Å². The lowest BCUT2D eigenvalue weighted by Gasteiger charge is -2.07. The van der Waals surface area contributed by atoms with Crippen LogP contribution in [0.4, 0.5) is 15.8 Å². The Hall–Kier alpha value is -1.45. The van der Waals surface area contributed by atoms with Gasteiger partial charge in [-0.2, -0.15) is 5.11 Å². The van der Waals surface area contributed by atoms with E-state index >= 15 is 0 Å². The van der Waals surface area contributed by atoms with Crippen LogP contribution in [-0.2, 0) is 0 Å². The van der Waals surface area contributed by atoms with Crippen LogP contribution < -0.4 is 5.32 Å². The van der Waals surface area contributed by atoms with Gasteiger partial charge in [-0.15, -0.1) is 0 Å². The molecular formula is C9H12FN3. The highest BCUT2D eigenvalue weighted by atomic mass is 19.1. The smallest absolute Gasteiger partial charge is 0.128 e. The molecule has 0 fully saturated rings. The largest absolute Gasteiger partial charge is 0.383 e. The molecular weight excluding hydrogens is 169 g/mol. The summed E-state index contributed by atoms with van der Waals surface area (Å²) < 4.78 is 13.1. The summed E-state index contributed by atoms with van der Waals surface area (Å²) in [6.07, 6.45) is 0. The van der Waals surface area contributed by atoms with Crippen molar-refractivity contribution in [3.8, 4) is 0 Å². The summed E-state index contributed by atoms with van der Waals surface area (Å²) in [5.74, 6) is -0.275. The standard InChI is InChI=1S/C9H12FN3/c1-3-12-8-5-7(10)6(2)4-9(8)13-11/h4-5,11-12H,3H2,1-2H3. The second-order valence-corrected chi connectivity index (χ2v) is 2.76. The third-order valence-corrected chi connectivity index (χ3v) is 1.76. The third kappa shape index (κ3) is 2.02. The fourth-order valence-corrected chi connectivity index (χ4v) is 1.09. The van der Waals surface area contributed by atoms with Gasteiger partial charge in [0.1, 0.15) is 11.5 Å². The van der Waals surface area contributed by atoms with Crippen LogP contribution in [0.2, 0.25) is 0 Å². The van der Waals surface area contributed by atoms with Crippen LogP contribution in [0.3, 0.4) is 0 Å². The Labute approximate surface area is 76.5 Å². The van der Waals surface area contributed by atoms with E-state index in [0.29, 0.717) is 23.5 Å². The third-order valence-electron chi connectivity index (χ3n) is 1.76. The van der Waals surface area contributed by atoms with E-state index in [9.17, 15) is 4.39 Å². The van der Waals surface area contributed by atoms with Gasteiger partial charge in [-0.05, 0) is 31.5 Å². The van der Waals surface area contributed by atoms with Crippen LogP contribution in [-0.4, -0.2) is 6.54 Å². The molecule has 2 N–H and O–H groups in total. The second-order valence-electron chi connectivity index (χ2n) is 2.76. The van der Waals surface area contributed by atoms with Crippen molar-refractivity contribution in [1.82, 2.24) is 0 Å². The van der Waals surface area contributed by atoms with Gasteiger partial charge in [-0.3, -0.25) is 0 Å². The minimum absolute atomic E-state index is 0.275. The molecule has 0 aliphatic rings. The second kappa shape index (κ2) is 3.98. The molecule has 0 radical (unpaired) electrons. The van der Waals surface area contributed by atoms with E-state index in [1.54, 1.807) is 13.0 Å². The summed E-state index contributed by atoms with van der Waals surface area (Å²) >= 11 is 0. The molecule has 0 bridgehead atoms. The van der Waals surface area contributed by atoms with Gasteiger partial charge >= 0.3 is 0 Å². The van der Waals surface area contributed by atoms with Gasteiger partial charge < -0.3 is 5.32 Å². The monoisotopic (exact) mass is 181 g/mol. The number of nitrogens with one attached hydrogen (secondary N) is 2. The maximum absolute atomic E-state index is 13.1. The van der Waals surface area contributed by atoms with Crippen molar-refractivity contribution in [1.29, 1.82) is 5.53 Å². The van der Waals surface area contributed by atoms with Crippen LogP contribution in [0.25, 0.3) is 0 Å². The molecule has 0 unspecified atom stereocenters. The summed E-state index contributed by atoms with van der Waals surface area (Å²) in [5, 5.41) is 6.25. The molecule has 0 aromatic heterocycles. The molecule has 0 atom stereocenters. The average Bonchev–Trinajstić information content (AvgIpc) is 2.11. The number of anilines is 1. The van der Waals surface area contributed by atoms with Crippen molar-refractivity contribution < 1.29 is 4.39 Å². The van der Waals surface area contributed by atoms with Gasteiger partial charge in [-0.25, -0.2) is 9.92 Å². The van der Waals surface area contributed by atoms with Crippen molar-refractivity contribution >= 4 is 11.4 Å². The molecule has 0 spiro atoms. The molecule has 0 saturated carbocycles. The van der Waals surface area contributed by atoms with Gasteiger partial charge in [0.25, 0.3) is 0 Å². The zero-order valence-electron chi connectivity index (χ0n) is 7.69. The summed E-state index contributed by atoms with van der Waals surface area (Å²) in [4.78, 5) is 0. The average molecular weight is 181 g/mol. The first-order valence-corrected chi connectivity index (χ1v) is 4.10. The molecule has 4 heteroatoms. The molecule has 1 rings (SSSR count). The van der Waals surface area contributed by atoms with Crippen LogP contribution in [0, 0.1) is 18.3 Å². The highest BCUT2D eigenvalue weighted by molar-refractivity contribution is 5.66. The molecule has 0 saturated heterocycles. The van der Waals surface area contributed by atoms with Crippen molar-refractivity contribution in [2.45, 2.75) is 13.8 Å². The number of benzene rings is 1. The van der Waals surface area contributed by atoms with E-state index in [0.717, 1.165) is 0 Å². The molecule has 13 heavy (non-hydrogen) atoms. The maximum Gasteiger partial charge on any atom is 0.128 e. The van der Waals surface area contributed by atoms with E-state index in [1.165, 1.54) is 6.07 Å². The van der Waals surface area contributed by atoms with E-state index < -0.39 is 0 Å². The van der Waals surface area contributed by atoms with Crippen LogP contribution >= 0.6 is 0 Å². The van der Waals surface area contributed by atoms with Gasteiger partial charge in [-0.1, -0.05) is 0 Å². The predicted molar refractivity (Wildman–Crippen MR) is 50.1 cm³/mol. The normalized spacial score (nSPS) is 9.77. The lowest BCUT2D eigenvalue weighted by atomic mass is 10.2. The molecule has 3 nitrogen and oxygen atoms in total. The van der Waals surface area contributed by atoms with Crippen molar-refractivity contribution in [3.63, 3.8) is 0 Å². The zero-order chi connectivity index (χ0) is 9.84. The first-order valence-electron chi connectivity index (χ1n) is 4.10. The van der Waals surface area contributed by atoms with Crippen LogP contribution in [0.1, 0.15) is 12.5 Å². The van der Waals surface area contributed by atoms with E-state index in [2.05, 4.69) is 10.4 Å². The topological polar surface area (TPSA) is 48.2 Å². The summed E-state index contributed by atoms with van der Waals surface area (Å²) in [7, 11) is 0. The molecule has 0 heterocycles. The number of nitrogens with zero attached hydrogens (tertiary/aromatic N) is 1. The number of hydrogen-bond donors (Lipinski definition) is 2. The molecule has 1 aromatic rings. The number of halogens is 1. The quantitative estimate of drug-likeness (QED) is 0.691. The fraction of sp³-hybridized carbons (Fsp3) is 0.333. The number of hydrogen-bond acceptors (Lipinski definition) is 3. The van der Waals surface area contributed by atoms with Gasteiger partial charge in [0.2, 0.25) is 0 Å². The highest BCUT2D eigenvalue weighted by Crippen LogP contribution is 2.27. The Balaban J connectivity index is 3.16. The highest BCUT2D eigenvalue weighted by Gasteiger charge is 2.05. The summed E-state index contributed by atoms with van der Waals surface area (Å²) in [5.41, 5.74) is 8.44. The zero-order valence-corrected chi connectivity index (χ0v) is 7.69. The van der Waals surface area contributed by atoms with Gasteiger partial charge in [0, 0.05) is 6.54 Å². The predicted octanol–water partition coefficient (Wildman–Crippen LogP) is 3.23. The Morgan fingerprint density at radius 1 is 1.54 bits per heavy atom. The Morgan fingerprint density at radius 2 is 2.23 bits per heavy atom. The van der Waals surface area contributed by atoms with Gasteiger partial charge in [0.15, 0.2) is 0 Å². The Bertz CT molecular complexity index is 323. The minimum Gasteiger partial charge on any atom is -0.383 e. The van der Waals surface area contributed by atoms with Crippen molar-refractivity contribution in [3.05, 3.63) is 23.5 Å². The SMILES string of the molecule is CCNc1cc(F)c(C)cc1N=N. The van der Waals surface area contributed by atoms with E-state index in [1.807, 2.05) is 6.92 Å². The van der Waals surface area contributed by atoms with E-state index in [-0.39, 0.29) is 5.82 Å². The number of rotatable bonds is 3. The van der Waals surface area contributed by atoms with Crippen LogP contribution in [0.15, 0.2) is 17.2 Å². The lowest BCUT2D eigenvalue weighted by molar-refractivity contribution is 0.619. The first kappa shape index (κ1) is 9.64. The van der Waals surface area contributed by atoms with Crippen molar-refractivity contribution in [2.75, 3.05) is 11.9 Å². The lowest BCUT2D eigenvalue weighted by Crippen LogP contribution is -1.98. The van der Waals surface area contributed by atoms with Gasteiger partial charge in [0.05, 0.1) is 5.69 Å². The molecule has 0 aliphatic carbocycles. The first-order chi connectivity index (χ1) is 6.19. The number of aryl methyl sites for hydroxylation is 1. The minimum atomic E-state index is -0.275. The Morgan fingerprint density at radius 3 is 2.77 bits per heavy atom. The molecule has 0 amide bonds. The molecule has 70 valence electrons. The maximum atomic E-state index is 13.1. The van der Waals surface area contributed by atoms with Crippen molar-refractivity contribution in [2.24, 2.45) is 5.11 Å². The molecule has 1 aromatic carbocycles.